The second-order valence-corrected chi connectivity index (χ2v) is 8.41. The van der Waals surface area contributed by atoms with E-state index in [-0.39, 0.29) is 46.0 Å². The molecule has 2 rings (SSSR count). The Morgan fingerprint density at radius 1 is 1.43 bits per heavy atom. The molecule has 1 atom stereocenters. The number of halogens is 2. The van der Waals surface area contributed by atoms with Crippen molar-refractivity contribution in [2.45, 2.75) is 31.2 Å². The fraction of sp³-hybridized carbons (Fsp3) is 0.538. The van der Waals surface area contributed by atoms with Crippen molar-refractivity contribution >= 4 is 39.7 Å². The molecule has 130 valence electrons. The number of benzene rings is 1. The lowest BCUT2D eigenvalue weighted by Crippen LogP contribution is -2.53. The zero-order chi connectivity index (χ0) is 16.7. The molecule has 1 fully saturated rings. The molecule has 1 unspecified atom stereocenters. The van der Waals surface area contributed by atoms with Gasteiger partial charge in [0.1, 0.15) is 4.90 Å². The summed E-state index contributed by atoms with van der Waals surface area (Å²) in [6.45, 7) is 4.41. The minimum Gasteiger partial charge on any atom is -0.327 e. The van der Waals surface area contributed by atoms with E-state index < -0.39 is 14.9 Å². The fourth-order valence-electron chi connectivity index (χ4n) is 2.48. The Bertz CT molecular complexity index is 709. The molecular formula is C13H19Cl2N3O4S. The maximum atomic E-state index is 12.7. The molecule has 23 heavy (non-hydrogen) atoms. The zero-order valence-electron chi connectivity index (χ0n) is 12.7. The number of rotatable bonds is 3. The molecule has 7 nitrogen and oxygen atoms in total. The Morgan fingerprint density at radius 2 is 2.04 bits per heavy atom. The van der Waals surface area contributed by atoms with Crippen molar-refractivity contribution in [2.24, 2.45) is 11.1 Å². The van der Waals surface area contributed by atoms with Crippen LogP contribution in [-0.2, 0) is 10.0 Å². The highest BCUT2D eigenvalue weighted by molar-refractivity contribution is 7.89. The standard InChI is InChI=1S/C13H18ClN3O4S.ClH/c1-13(2)8-16(6-5-12(13)15)22(20,21)11-4-3-9(17(18)19)7-10(11)14;/h3-4,7,12H,5-6,8,15H2,1-2H3;1H. The summed E-state index contributed by atoms with van der Waals surface area (Å²) in [7, 11) is -3.81. The predicted molar refractivity (Wildman–Crippen MR) is 90.5 cm³/mol. The van der Waals surface area contributed by atoms with Gasteiger partial charge in [0, 0.05) is 31.3 Å². The lowest BCUT2D eigenvalue weighted by Gasteiger charge is -2.41. The monoisotopic (exact) mass is 383 g/mol. The predicted octanol–water partition coefficient (Wildman–Crippen LogP) is 2.42. The maximum absolute atomic E-state index is 12.7. The normalized spacial score (nSPS) is 21.5. The average Bonchev–Trinajstić information content (AvgIpc) is 2.41. The fourth-order valence-corrected chi connectivity index (χ4v) is 4.62. The third kappa shape index (κ3) is 3.95. The topological polar surface area (TPSA) is 107 Å². The van der Waals surface area contributed by atoms with E-state index in [9.17, 15) is 18.5 Å². The number of hydrogen-bond donors (Lipinski definition) is 1. The summed E-state index contributed by atoms with van der Waals surface area (Å²) in [4.78, 5) is 9.97. The Kier molecular flexibility index (Phi) is 6.04. The van der Waals surface area contributed by atoms with Gasteiger partial charge in [0.2, 0.25) is 10.0 Å². The number of nitro benzene ring substituents is 1. The molecule has 0 spiro atoms. The van der Waals surface area contributed by atoms with Gasteiger partial charge in [-0.15, -0.1) is 12.4 Å². The van der Waals surface area contributed by atoms with Gasteiger partial charge in [-0.2, -0.15) is 4.31 Å². The number of hydrogen-bond acceptors (Lipinski definition) is 5. The maximum Gasteiger partial charge on any atom is 0.271 e. The van der Waals surface area contributed by atoms with Gasteiger partial charge in [0.25, 0.3) is 5.69 Å². The van der Waals surface area contributed by atoms with Crippen LogP contribution in [0.3, 0.4) is 0 Å². The first-order chi connectivity index (χ1) is 10.1. The third-order valence-electron chi connectivity index (χ3n) is 4.02. The Hall–Kier alpha value is -0.930. The average molecular weight is 384 g/mol. The highest BCUT2D eigenvalue weighted by atomic mass is 35.5. The molecule has 1 aromatic carbocycles. The second-order valence-electron chi connectivity index (χ2n) is 6.09. The summed E-state index contributed by atoms with van der Waals surface area (Å²) in [5.74, 6) is 0. The minimum atomic E-state index is -3.81. The molecule has 1 heterocycles. The van der Waals surface area contributed by atoms with E-state index >= 15 is 0 Å². The van der Waals surface area contributed by atoms with Crippen molar-refractivity contribution in [2.75, 3.05) is 13.1 Å². The van der Waals surface area contributed by atoms with Crippen molar-refractivity contribution in [3.63, 3.8) is 0 Å². The van der Waals surface area contributed by atoms with Crippen molar-refractivity contribution in [3.8, 4) is 0 Å². The second kappa shape index (κ2) is 6.90. The SMILES string of the molecule is CC1(C)CN(S(=O)(=O)c2ccc([N+](=O)[O-])cc2Cl)CCC1N.Cl. The number of non-ortho nitro benzene ring substituents is 1. The number of nitro groups is 1. The van der Waals surface area contributed by atoms with Crippen molar-refractivity contribution in [1.29, 1.82) is 0 Å². The molecule has 1 aliphatic rings. The zero-order valence-corrected chi connectivity index (χ0v) is 15.1. The van der Waals surface area contributed by atoms with E-state index in [4.69, 9.17) is 17.3 Å². The van der Waals surface area contributed by atoms with Crippen LogP contribution >= 0.6 is 24.0 Å². The number of piperidine rings is 1. The van der Waals surface area contributed by atoms with Crippen LogP contribution in [0.4, 0.5) is 5.69 Å². The first kappa shape index (κ1) is 20.1. The quantitative estimate of drug-likeness (QED) is 0.636. The Labute approximate surface area is 146 Å². The molecule has 0 bridgehead atoms. The lowest BCUT2D eigenvalue weighted by atomic mass is 9.81. The van der Waals surface area contributed by atoms with E-state index in [2.05, 4.69) is 0 Å². The summed E-state index contributed by atoms with van der Waals surface area (Å²) in [6.07, 6.45) is 0.552. The van der Waals surface area contributed by atoms with Crippen LogP contribution in [0, 0.1) is 15.5 Å². The molecule has 0 amide bonds. The third-order valence-corrected chi connectivity index (χ3v) is 6.35. The van der Waals surface area contributed by atoms with Crippen LogP contribution in [0.2, 0.25) is 5.02 Å². The van der Waals surface area contributed by atoms with Gasteiger partial charge in [-0.05, 0) is 17.9 Å². The minimum absolute atomic E-state index is 0. The van der Waals surface area contributed by atoms with E-state index in [0.29, 0.717) is 13.0 Å². The molecule has 0 radical (unpaired) electrons. The lowest BCUT2D eigenvalue weighted by molar-refractivity contribution is -0.384. The number of nitrogens with two attached hydrogens (primary N) is 1. The van der Waals surface area contributed by atoms with E-state index in [0.717, 1.165) is 12.1 Å². The van der Waals surface area contributed by atoms with Gasteiger partial charge in [0.05, 0.1) is 9.95 Å². The molecule has 1 saturated heterocycles. The van der Waals surface area contributed by atoms with Crippen LogP contribution in [0.15, 0.2) is 23.1 Å². The van der Waals surface area contributed by atoms with Gasteiger partial charge >= 0.3 is 0 Å². The molecule has 0 aromatic heterocycles. The molecular weight excluding hydrogens is 365 g/mol. The van der Waals surface area contributed by atoms with Gasteiger partial charge in [-0.25, -0.2) is 8.42 Å². The number of nitrogens with zero attached hydrogens (tertiary/aromatic N) is 2. The van der Waals surface area contributed by atoms with Crippen molar-refractivity contribution in [1.82, 2.24) is 4.31 Å². The first-order valence-electron chi connectivity index (χ1n) is 6.75. The van der Waals surface area contributed by atoms with Crippen LogP contribution in [-0.4, -0.2) is 36.8 Å². The molecule has 2 N–H and O–H groups in total. The van der Waals surface area contributed by atoms with E-state index in [1.54, 1.807) is 0 Å². The summed E-state index contributed by atoms with van der Waals surface area (Å²) in [6, 6.07) is 3.29. The molecule has 0 saturated carbocycles. The summed E-state index contributed by atoms with van der Waals surface area (Å²) in [5.41, 5.74) is 5.42. The van der Waals surface area contributed by atoms with Crippen LogP contribution in [0.5, 0.6) is 0 Å². The molecule has 0 aliphatic carbocycles. The highest BCUT2D eigenvalue weighted by Crippen LogP contribution is 2.34. The van der Waals surface area contributed by atoms with E-state index in [1.165, 1.54) is 10.4 Å². The molecule has 1 aliphatic heterocycles. The van der Waals surface area contributed by atoms with Crippen LogP contribution < -0.4 is 5.73 Å². The van der Waals surface area contributed by atoms with Gasteiger partial charge in [0.15, 0.2) is 0 Å². The first-order valence-corrected chi connectivity index (χ1v) is 8.57. The van der Waals surface area contributed by atoms with Gasteiger partial charge < -0.3 is 5.73 Å². The van der Waals surface area contributed by atoms with Gasteiger partial charge in [-0.3, -0.25) is 10.1 Å². The Balaban J connectivity index is 0.00000264. The molecule has 10 heteroatoms. The van der Waals surface area contributed by atoms with Gasteiger partial charge in [-0.1, -0.05) is 25.4 Å². The van der Waals surface area contributed by atoms with Crippen molar-refractivity contribution < 1.29 is 13.3 Å². The largest absolute Gasteiger partial charge is 0.327 e. The molecule has 1 aromatic rings. The summed E-state index contributed by atoms with van der Waals surface area (Å²) < 4.78 is 26.8. The highest BCUT2D eigenvalue weighted by Gasteiger charge is 2.39. The van der Waals surface area contributed by atoms with Crippen LogP contribution in [0.25, 0.3) is 0 Å². The summed E-state index contributed by atoms with van der Waals surface area (Å²) in [5, 5.41) is 10.6. The smallest absolute Gasteiger partial charge is 0.271 e. The number of sulfonamides is 1. The Morgan fingerprint density at radius 3 is 2.52 bits per heavy atom. The van der Waals surface area contributed by atoms with E-state index in [1.807, 2.05) is 13.8 Å². The summed E-state index contributed by atoms with van der Waals surface area (Å²) >= 11 is 5.94. The van der Waals surface area contributed by atoms with Crippen LogP contribution in [0.1, 0.15) is 20.3 Å². The van der Waals surface area contributed by atoms with Crippen molar-refractivity contribution in [3.05, 3.63) is 33.3 Å².